The lowest BCUT2D eigenvalue weighted by Crippen LogP contribution is -2.16. The lowest BCUT2D eigenvalue weighted by Gasteiger charge is -2.07. The Morgan fingerprint density at radius 3 is 2.48 bits per heavy atom. The molecule has 25 heavy (non-hydrogen) atoms. The molecule has 1 aromatic carbocycles. The zero-order valence-corrected chi connectivity index (χ0v) is 12.9. The highest BCUT2D eigenvalue weighted by molar-refractivity contribution is 5.59. The summed E-state index contributed by atoms with van der Waals surface area (Å²) in [7, 11) is 0. The van der Waals surface area contributed by atoms with Crippen molar-refractivity contribution in [2.45, 2.75) is 24.9 Å². The highest BCUT2D eigenvalue weighted by atomic mass is 19.4. The lowest BCUT2D eigenvalue weighted by molar-refractivity contribution is -0.137. The molecule has 1 fully saturated rings. The summed E-state index contributed by atoms with van der Waals surface area (Å²) >= 11 is 0. The smallest absolute Gasteiger partial charge is 0.288 e. The zero-order valence-electron chi connectivity index (χ0n) is 12.9. The van der Waals surface area contributed by atoms with Crippen LogP contribution in [0.4, 0.5) is 13.2 Å². The number of alkyl halides is 3. The lowest BCUT2D eigenvalue weighted by atomic mass is 10.1. The normalized spacial score (nSPS) is 14.7. The molecule has 5 nitrogen and oxygen atoms in total. The maximum Gasteiger partial charge on any atom is 0.416 e. The predicted molar refractivity (Wildman–Crippen MR) is 84.4 cm³/mol. The Morgan fingerprint density at radius 2 is 1.84 bits per heavy atom. The van der Waals surface area contributed by atoms with Crippen molar-refractivity contribution in [2.24, 2.45) is 0 Å². The molecule has 8 heteroatoms. The minimum atomic E-state index is -4.42. The van der Waals surface area contributed by atoms with E-state index in [9.17, 15) is 18.0 Å². The second kappa shape index (κ2) is 5.58. The minimum absolute atomic E-state index is 0.261. The van der Waals surface area contributed by atoms with Gasteiger partial charge in [0, 0.05) is 17.7 Å². The first kappa shape index (κ1) is 15.6. The Labute approximate surface area is 140 Å². The van der Waals surface area contributed by atoms with E-state index in [4.69, 9.17) is 0 Å². The van der Waals surface area contributed by atoms with Crippen LogP contribution in [0.2, 0.25) is 0 Å². The van der Waals surface area contributed by atoms with Crippen LogP contribution in [0.25, 0.3) is 17.1 Å². The van der Waals surface area contributed by atoms with Crippen LogP contribution in [-0.2, 0) is 6.18 Å². The van der Waals surface area contributed by atoms with E-state index in [0.29, 0.717) is 11.7 Å². The molecule has 0 unspecified atom stereocenters. The zero-order chi connectivity index (χ0) is 17.6. The van der Waals surface area contributed by atoms with E-state index in [1.165, 1.54) is 12.1 Å². The van der Waals surface area contributed by atoms with Gasteiger partial charge in [-0.3, -0.25) is 9.97 Å². The van der Waals surface area contributed by atoms with Gasteiger partial charge in [-0.25, -0.2) is 4.79 Å². The summed E-state index contributed by atoms with van der Waals surface area (Å²) in [5.74, 6) is 0.732. The van der Waals surface area contributed by atoms with Crippen LogP contribution < -0.4 is 5.69 Å². The van der Waals surface area contributed by atoms with Crippen LogP contribution in [-0.4, -0.2) is 19.7 Å². The van der Waals surface area contributed by atoms with Crippen molar-refractivity contribution in [3.05, 3.63) is 64.3 Å². The van der Waals surface area contributed by atoms with Crippen LogP contribution >= 0.6 is 0 Å². The van der Waals surface area contributed by atoms with E-state index in [-0.39, 0.29) is 5.69 Å². The number of aromatic nitrogens is 4. The monoisotopic (exact) mass is 346 g/mol. The molecule has 3 aromatic rings. The maximum atomic E-state index is 12.7. The Kier molecular flexibility index (Phi) is 3.48. The van der Waals surface area contributed by atoms with Gasteiger partial charge in [0.05, 0.1) is 16.9 Å². The molecule has 1 aliphatic carbocycles. The molecule has 4 rings (SSSR count). The summed E-state index contributed by atoms with van der Waals surface area (Å²) in [6.45, 7) is 0. The summed E-state index contributed by atoms with van der Waals surface area (Å²) in [6, 6.07) is 7.89. The summed E-state index contributed by atoms with van der Waals surface area (Å²) < 4.78 is 39.0. The topological polar surface area (TPSA) is 63.6 Å². The Morgan fingerprint density at radius 1 is 1.12 bits per heavy atom. The molecule has 0 aliphatic heterocycles. The van der Waals surface area contributed by atoms with Crippen molar-refractivity contribution >= 4 is 0 Å². The van der Waals surface area contributed by atoms with Crippen molar-refractivity contribution < 1.29 is 13.2 Å². The number of nitrogens with zero attached hydrogens (tertiary/aromatic N) is 3. The van der Waals surface area contributed by atoms with Gasteiger partial charge in [-0.05, 0) is 49.2 Å². The Hall–Kier alpha value is -2.90. The summed E-state index contributed by atoms with van der Waals surface area (Å²) in [4.78, 5) is 19.2. The van der Waals surface area contributed by atoms with Gasteiger partial charge in [0.15, 0.2) is 5.82 Å². The highest BCUT2D eigenvalue weighted by Gasteiger charge is 2.30. The number of hydrogen-bond acceptors (Lipinski definition) is 3. The SMILES string of the molecule is O=c1[nH]c(-c2cccnc2C2CC2)nn1-c1ccc(C(F)(F)F)cc1. The predicted octanol–water partition coefficient (Wildman–Crippen LogP) is 3.52. The van der Waals surface area contributed by atoms with Gasteiger partial charge < -0.3 is 0 Å². The number of aromatic amines is 1. The third kappa shape index (κ3) is 2.95. The Bertz CT molecular complexity index is 969. The van der Waals surface area contributed by atoms with Gasteiger partial charge in [0.2, 0.25) is 0 Å². The minimum Gasteiger partial charge on any atom is -0.288 e. The molecule has 0 saturated heterocycles. The number of halogens is 3. The standard InChI is InChI=1S/C17H13F3N4O/c18-17(19,20)11-5-7-12(8-6-11)24-16(25)22-15(23-24)13-2-1-9-21-14(13)10-3-4-10/h1-2,5-10H,3-4H2,(H,22,23,25). The Balaban J connectivity index is 1.73. The number of nitrogens with one attached hydrogen (secondary N) is 1. The van der Waals surface area contributed by atoms with Crippen LogP contribution in [0.1, 0.15) is 30.0 Å². The van der Waals surface area contributed by atoms with Crippen LogP contribution in [0, 0.1) is 0 Å². The molecule has 1 N–H and O–H groups in total. The fraction of sp³-hybridized carbons (Fsp3) is 0.235. The van der Waals surface area contributed by atoms with E-state index >= 15 is 0 Å². The molecule has 1 aliphatic rings. The molecule has 1 saturated carbocycles. The quantitative estimate of drug-likeness (QED) is 0.789. The molecular formula is C17H13F3N4O. The van der Waals surface area contributed by atoms with Crippen LogP contribution in [0.15, 0.2) is 47.4 Å². The first-order valence-electron chi connectivity index (χ1n) is 7.76. The van der Waals surface area contributed by atoms with Crippen LogP contribution in [0.3, 0.4) is 0 Å². The third-order valence-corrected chi connectivity index (χ3v) is 4.11. The molecule has 0 atom stereocenters. The molecule has 128 valence electrons. The van der Waals surface area contributed by atoms with E-state index < -0.39 is 17.4 Å². The van der Waals surface area contributed by atoms with E-state index in [0.717, 1.165) is 40.9 Å². The summed E-state index contributed by atoms with van der Waals surface area (Å²) in [5, 5.41) is 4.24. The molecule has 0 radical (unpaired) electrons. The van der Waals surface area contributed by atoms with Crippen molar-refractivity contribution in [1.29, 1.82) is 0 Å². The molecule has 2 aromatic heterocycles. The largest absolute Gasteiger partial charge is 0.416 e. The van der Waals surface area contributed by atoms with Gasteiger partial charge in [0.1, 0.15) is 0 Å². The number of hydrogen-bond donors (Lipinski definition) is 1. The van der Waals surface area contributed by atoms with E-state index in [1.54, 1.807) is 12.3 Å². The first-order valence-corrected chi connectivity index (χ1v) is 7.76. The maximum absolute atomic E-state index is 12.7. The van der Waals surface area contributed by atoms with Gasteiger partial charge in [-0.2, -0.15) is 17.9 Å². The number of benzene rings is 1. The number of pyridine rings is 1. The average Bonchev–Trinajstić information content (AvgIpc) is 3.36. The second-order valence-electron chi connectivity index (χ2n) is 5.95. The highest BCUT2D eigenvalue weighted by Crippen LogP contribution is 2.42. The molecular weight excluding hydrogens is 333 g/mol. The van der Waals surface area contributed by atoms with Crippen LogP contribution in [0.5, 0.6) is 0 Å². The molecule has 0 bridgehead atoms. The van der Waals surface area contributed by atoms with Crippen molar-refractivity contribution in [3.8, 4) is 17.1 Å². The summed E-state index contributed by atoms with van der Waals surface area (Å²) in [5.41, 5.74) is 0.602. The first-order chi connectivity index (χ1) is 11.9. The van der Waals surface area contributed by atoms with Crippen molar-refractivity contribution in [3.63, 3.8) is 0 Å². The van der Waals surface area contributed by atoms with E-state index in [2.05, 4.69) is 15.1 Å². The van der Waals surface area contributed by atoms with Gasteiger partial charge in [0.25, 0.3) is 0 Å². The van der Waals surface area contributed by atoms with Gasteiger partial charge >= 0.3 is 11.9 Å². The molecule has 2 heterocycles. The third-order valence-electron chi connectivity index (χ3n) is 4.11. The fourth-order valence-corrected chi connectivity index (χ4v) is 2.71. The van der Waals surface area contributed by atoms with Gasteiger partial charge in [-0.15, -0.1) is 5.10 Å². The number of rotatable bonds is 3. The molecule has 0 amide bonds. The summed E-state index contributed by atoms with van der Waals surface area (Å²) in [6.07, 6.45) is -0.626. The van der Waals surface area contributed by atoms with Crippen molar-refractivity contribution in [2.75, 3.05) is 0 Å². The van der Waals surface area contributed by atoms with Gasteiger partial charge in [-0.1, -0.05) is 0 Å². The van der Waals surface area contributed by atoms with E-state index in [1.807, 2.05) is 6.07 Å². The van der Waals surface area contributed by atoms with Crippen molar-refractivity contribution in [1.82, 2.24) is 19.7 Å². The molecule has 0 spiro atoms. The average molecular weight is 346 g/mol. The number of H-pyrrole nitrogens is 1. The fourth-order valence-electron chi connectivity index (χ4n) is 2.71. The second-order valence-corrected chi connectivity index (χ2v) is 5.95.